The number of hydrogen-bond acceptors (Lipinski definition) is 4. The normalized spacial score (nSPS) is 11.2. The second-order valence-electron chi connectivity index (χ2n) is 5.50. The summed E-state index contributed by atoms with van der Waals surface area (Å²) < 4.78 is 5.21. The fraction of sp³-hybridized carbons (Fsp3) is 0.333. The van der Waals surface area contributed by atoms with Crippen LogP contribution in [-0.2, 0) is 5.41 Å². The summed E-state index contributed by atoms with van der Waals surface area (Å²) in [7, 11) is 1.54. The van der Waals surface area contributed by atoms with Gasteiger partial charge in [0.05, 0.1) is 7.11 Å². The molecule has 1 aromatic carbocycles. The van der Waals surface area contributed by atoms with Crippen molar-refractivity contribution >= 4 is 23.1 Å². The van der Waals surface area contributed by atoms with Crippen LogP contribution in [0.2, 0.25) is 5.15 Å². The molecule has 0 bridgehead atoms. The lowest BCUT2D eigenvalue weighted by Crippen LogP contribution is -2.10. The lowest BCUT2D eigenvalue weighted by atomic mass is 9.87. The van der Waals surface area contributed by atoms with Crippen LogP contribution in [0.5, 0.6) is 5.75 Å². The molecule has 1 heterocycles. The molecule has 2 aromatic rings. The molecule has 106 valence electrons. The number of anilines is 2. The van der Waals surface area contributed by atoms with Crippen molar-refractivity contribution in [3.8, 4) is 5.75 Å². The van der Waals surface area contributed by atoms with Crippen molar-refractivity contribution in [2.75, 3.05) is 12.4 Å². The molecule has 2 rings (SSSR count). The van der Waals surface area contributed by atoms with Crippen molar-refractivity contribution in [2.24, 2.45) is 0 Å². The zero-order valence-corrected chi connectivity index (χ0v) is 12.8. The summed E-state index contributed by atoms with van der Waals surface area (Å²) in [5.74, 6) is 0.991. The monoisotopic (exact) mass is 291 g/mol. The quantitative estimate of drug-likeness (QED) is 0.862. The highest BCUT2D eigenvalue weighted by Crippen LogP contribution is 2.31. The number of benzene rings is 1. The van der Waals surface area contributed by atoms with Crippen molar-refractivity contribution in [3.05, 3.63) is 41.3 Å². The molecule has 0 aliphatic heterocycles. The molecule has 0 amide bonds. The molecule has 1 aromatic heterocycles. The molecule has 5 heteroatoms. The Morgan fingerprint density at radius 3 is 2.30 bits per heavy atom. The van der Waals surface area contributed by atoms with Crippen LogP contribution in [0.3, 0.4) is 0 Å². The zero-order valence-electron chi connectivity index (χ0n) is 12.1. The van der Waals surface area contributed by atoms with Crippen LogP contribution in [-0.4, -0.2) is 17.1 Å². The minimum atomic E-state index is 0.133. The van der Waals surface area contributed by atoms with Gasteiger partial charge in [-0.3, -0.25) is 0 Å². The Labute approximate surface area is 124 Å². The predicted molar refractivity (Wildman–Crippen MR) is 82.0 cm³/mol. The average Bonchev–Trinajstić information content (AvgIpc) is 2.38. The zero-order chi connectivity index (χ0) is 14.8. The van der Waals surface area contributed by atoms with E-state index < -0.39 is 0 Å². The summed E-state index contributed by atoms with van der Waals surface area (Å²) in [4.78, 5) is 8.03. The number of methoxy groups -OCH3 is 1. The predicted octanol–water partition coefficient (Wildman–Crippen LogP) is 4.18. The Kier molecular flexibility index (Phi) is 4.14. The molecule has 0 radical (unpaired) electrons. The largest absolute Gasteiger partial charge is 0.490 e. The van der Waals surface area contributed by atoms with E-state index in [2.05, 4.69) is 48.2 Å². The van der Waals surface area contributed by atoms with E-state index in [-0.39, 0.29) is 10.6 Å². The van der Waals surface area contributed by atoms with Crippen LogP contribution in [0, 0.1) is 0 Å². The third kappa shape index (κ3) is 3.20. The average molecular weight is 292 g/mol. The van der Waals surface area contributed by atoms with E-state index in [0.29, 0.717) is 11.6 Å². The number of ether oxygens (including phenoxy) is 1. The maximum absolute atomic E-state index is 5.96. The minimum absolute atomic E-state index is 0.133. The SMILES string of the molecule is COc1c(Cl)ncnc1Nc1ccc(C(C)(C)C)cc1. The van der Waals surface area contributed by atoms with E-state index in [1.54, 1.807) is 7.11 Å². The first-order valence-corrected chi connectivity index (χ1v) is 6.71. The highest BCUT2D eigenvalue weighted by molar-refractivity contribution is 6.31. The topological polar surface area (TPSA) is 47.0 Å². The van der Waals surface area contributed by atoms with Crippen molar-refractivity contribution < 1.29 is 4.74 Å². The van der Waals surface area contributed by atoms with Gasteiger partial charge in [-0.05, 0) is 23.1 Å². The Bertz CT molecular complexity index is 591. The Morgan fingerprint density at radius 1 is 1.10 bits per heavy atom. The molecule has 0 unspecified atom stereocenters. The Hall–Kier alpha value is -1.81. The summed E-state index contributed by atoms with van der Waals surface area (Å²) in [5.41, 5.74) is 2.33. The van der Waals surface area contributed by atoms with Gasteiger partial charge >= 0.3 is 0 Å². The van der Waals surface area contributed by atoms with E-state index in [1.165, 1.54) is 11.9 Å². The Morgan fingerprint density at radius 2 is 1.75 bits per heavy atom. The number of nitrogens with zero attached hydrogens (tertiary/aromatic N) is 2. The molecular formula is C15H18ClN3O. The van der Waals surface area contributed by atoms with Crippen molar-refractivity contribution in [1.82, 2.24) is 9.97 Å². The van der Waals surface area contributed by atoms with E-state index in [1.807, 2.05) is 12.1 Å². The molecule has 0 fully saturated rings. The molecule has 0 aliphatic rings. The summed E-state index contributed by atoms with van der Waals surface area (Å²) in [5, 5.41) is 3.47. The summed E-state index contributed by atoms with van der Waals surface area (Å²) in [6.07, 6.45) is 1.40. The number of rotatable bonds is 3. The standard InChI is InChI=1S/C15H18ClN3O/c1-15(2,3)10-5-7-11(8-6-10)19-14-12(20-4)13(16)17-9-18-14/h5-9H,1-4H3,(H,17,18,19). The second-order valence-corrected chi connectivity index (χ2v) is 5.86. The maximum atomic E-state index is 5.96. The number of halogens is 1. The molecule has 0 saturated heterocycles. The number of hydrogen-bond donors (Lipinski definition) is 1. The lowest BCUT2D eigenvalue weighted by Gasteiger charge is -2.19. The molecule has 0 aliphatic carbocycles. The van der Waals surface area contributed by atoms with Gasteiger partial charge in [0.1, 0.15) is 6.33 Å². The first-order chi connectivity index (χ1) is 9.41. The summed E-state index contributed by atoms with van der Waals surface area (Å²) in [6.45, 7) is 6.55. The molecule has 0 saturated carbocycles. The van der Waals surface area contributed by atoms with Gasteiger partial charge in [-0.2, -0.15) is 0 Å². The van der Waals surface area contributed by atoms with E-state index >= 15 is 0 Å². The van der Waals surface area contributed by atoms with Gasteiger partial charge in [0, 0.05) is 5.69 Å². The fourth-order valence-corrected chi connectivity index (χ4v) is 2.02. The van der Waals surface area contributed by atoms with Crippen LogP contribution < -0.4 is 10.1 Å². The fourth-order valence-electron chi connectivity index (χ4n) is 1.81. The third-order valence-electron chi connectivity index (χ3n) is 2.98. The van der Waals surface area contributed by atoms with Crippen molar-refractivity contribution in [1.29, 1.82) is 0 Å². The van der Waals surface area contributed by atoms with Gasteiger partial charge in [0.2, 0.25) is 0 Å². The van der Waals surface area contributed by atoms with E-state index in [0.717, 1.165) is 5.69 Å². The van der Waals surface area contributed by atoms with Crippen LogP contribution in [0.4, 0.5) is 11.5 Å². The summed E-state index contributed by atoms with van der Waals surface area (Å²) in [6, 6.07) is 8.21. The van der Waals surface area contributed by atoms with E-state index in [4.69, 9.17) is 16.3 Å². The van der Waals surface area contributed by atoms with Gasteiger partial charge in [0.15, 0.2) is 16.7 Å². The van der Waals surface area contributed by atoms with Crippen molar-refractivity contribution in [3.63, 3.8) is 0 Å². The number of nitrogens with one attached hydrogen (secondary N) is 1. The second kappa shape index (κ2) is 5.67. The molecule has 4 nitrogen and oxygen atoms in total. The molecule has 20 heavy (non-hydrogen) atoms. The van der Waals surface area contributed by atoms with Gasteiger partial charge in [-0.25, -0.2) is 9.97 Å². The first kappa shape index (κ1) is 14.6. The van der Waals surface area contributed by atoms with Crippen LogP contribution in [0.25, 0.3) is 0 Å². The maximum Gasteiger partial charge on any atom is 0.199 e. The smallest absolute Gasteiger partial charge is 0.199 e. The molecule has 0 spiro atoms. The highest BCUT2D eigenvalue weighted by Gasteiger charge is 2.14. The Balaban J connectivity index is 2.25. The summed E-state index contributed by atoms with van der Waals surface area (Å²) >= 11 is 5.96. The molecule has 1 N–H and O–H groups in total. The van der Waals surface area contributed by atoms with Gasteiger partial charge < -0.3 is 10.1 Å². The minimum Gasteiger partial charge on any atom is -0.490 e. The van der Waals surface area contributed by atoms with Crippen LogP contribution >= 0.6 is 11.6 Å². The van der Waals surface area contributed by atoms with E-state index in [9.17, 15) is 0 Å². The molecule has 0 atom stereocenters. The highest BCUT2D eigenvalue weighted by atomic mass is 35.5. The first-order valence-electron chi connectivity index (χ1n) is 6.34. The van der Waals surface area contributed by atoms with Gasteiger partial charge in [-0.1, -0.05) is 44.5 Å². The van der Waals surface area contributed by atoms with Gasteiger partial charge in [-0.15, -0.1) is 0 Å². The lowest BCUT2D eigenvalue weighted by molar-refractivity contribution is 0.413. The number of aromatic nitrogens is 2. The van der Waals surface area contributed by atoms with Gasteiger partial charge in [0.25, 0.3) is 0 Å². The molecular weight excluding hydrogens is 274 g/mol. The van der Waals surface area contributed by atoms with Crippen LogP contribution in [0.15, 0.2) is 30.6 Å². The van der Waals surface area contributed by atoms with Crippen molar-refractivity contribution in [2.45, 2.75) is 26.2 Å². The van der Waals surface area contributed by atoms with Crippen LogP contribution in [0.1, 0.15) is 26.3 Å². The third-order valence-corrected chi connectivity index (χ3v) is 3.25.